The van der Waals surface area contributed by atoms with E-state index in [1.54, 1.807) is 34.6 Å². The van der Waals surface area contributed by atoms with Crippen LogP contribution in [-0.2, 0) is 60.7 Å². The zero-order valence-corrected chi connectivity index (χ0v) is 32.1. The number of ketones is 1. The van der Waals surface area contributed by atoms with Gasteiger partial charge in [0.1, 0.15) is 26.0 Å². The summed E-state index contributed by atoms with van der Waals surface area (Å²) in [6.07, 6.45) is 2.82. The molecule has 1 aromatic heterocycles. The quantitative estimate of drug-likeness (QED) is 0.0634. The summed E-state index contributed by atoms with van der Waals surface area (Å²) >= 11 is 0. The molecule has 0 aliphatic heterocycles. The molecule has 1 aliphatic carbocycles. The lowest BCUT2D eigenvalue weighted by molar-refractivity contribution is -0.144. The predicted molar refractivity (Wildman–Crippen MR) is 200 cm³/mol. The number of hydrogen-bond donors (Lipinski definition) is 3. The van der Waals surface area contributed by atoms with E-state index in [0.717, 1.165) is 18.2 Å². The van der Waals surface area contributed by atoms with Gasteiger partial charge in [-0.2, -0.15) is 0 Å². The lowest BCUT2D eigenvalue weighted by atomic mass is 9.88. The molecule has 0 radical (unpaired) electrons. The van der Waals surface area contributed by atoms with Crippen molar-refractivity contribution in [3.8, 4) is 0 Å². The molecule has 0 saturated heterocycles. The molecule has 19 nitrogen and oxygen atoms in total. The smallest absolute Gasteiger partial charge is 0.317 e. The van der Waals surface area contributed by atoms with E-state index in [-0.39, 0.29) is 95.7 Å². The van der Waals surface area contributed by atoms with Crippen LogP contribution in [0.2, 0.25) is 0 Å². The lowest BCUT2D eigenvalue weighted by Gasteiger charge is -2.45. The van der Waals surface area contributed by atoms with Crippen molar-refractivity contribution in [2.45, 2.75) is 71.5 Å². The summed E-state index contributed by atoms with van der Waals surface area (Å²) in [6.45, 7) is 5.03. The molecule has 0 unspecified atom stereocenters. The highest BCUT2D eigenvalue weighted by atomic mass is 16.6. The molecule has 0 bridgehead atoms. The maximum atomic E-state index is 13.9. The number of hydrogen-bond acceptors (Lipinski definition) is 15. The number of ether oxygens (including phenoxy) is 3. The van der Waals surface area contributed by atoms with Gasteiger partial charge in [-0.05, 0) is 51.3 Å². The van der Waals surface area contributed by atoms with Crippen LogP contribution in [0, 0.1) is 6.92 Å². The molecule has 1 aliphatic rings. The van der Waals surface area contributed by atoms with E-state index in [1.807, 2.05) is 16.7 Å². The molecule has 0 spiro atoms. The average molecular weight is 789 g/mol. The van der Waals surface area contributed by atoms with E-state index in [1.165, 1.54) is 11.8 Å². The maximum absolute atomic E-state index is 13.9. The molecule has 56 heavy (non-hydrogen) atoms. The molecule has 1 saturated carbocycles. The molecular weight excluding hydrogens is 736 g/mol. The van der Waals surface area contributed by atoms with E-state index in [4.69, 9.17) is 14.2 Å². The summed E-state index contributed by atoms with van der Waals surface area (Å²) in [7, 11) is 0. The van der Waals surface area contributed by atoms with Crippen LogP contribution in [0.25, 0.3) is 10.9 Å². The number of nitrogens with one attached hydrogen (secondary N) is 1. The van der Waals surface area contributed by atoms with Crippen LogP contribution in [0.15, 0.2) is 23.0 Å². The van der Waals surface area contributed by atoms with Crippen LogP contribution in [-0.4, -0.2) is 156 Å². The van der Waals surface area contributed by atoms with Gasteiger partial charge in [-0.25, -0.2) is 4.90 Å². The second-order valence-corrected chi connectivity index (χ2v) is 13.6. The number of carboxylic acids is 2. The zero-order chi connectivity index (χ0) is 41.2. The number of amides is 1. The number of benzene rings is 1. The van der Waals surface area contributed by atoms with E-state index in [0.29, 0.717) is 48.2 Å². The lowest BCUT2D eigenvalue weighted by Crippen LogP contribution is -2.57. The van der Waals surface area contributed by atoms with Crippen LogP contribution in [0.3, 0.4) is 0 Å². The van der Waals surface area contributed by atoms with Gasteiger partial charge in [-0.3, -0.25) is 53.1 Å². The number of Topliss-reactive ketones (excluding diaryl/α,β-unsaturated/α-hetero) is 1. The number of aryl methyl sites for hydroxylation is 2. The fraction of sp³-hybridized carbons (Fsp3) is 0.568. The van der Waals surface area contributed by atoms with Crippen molar-refractivity contribution in [2.75, 3.05) is 71.3 Å². The summed E-state index contributed by atoms with van der Waals surface area (Å²) in [4.78, 5) is 102. The van der Waals surface area contributed by atoms with Crippen LogP contribution in [0.5, 0.6) is 0 Å². The highest BCUT2D eigenvalue weighted by Crippen LogP contribution is 2.28. The standard InChI is InChI=1S/C37H52N6O13/c1-4-43-33-16-28(9-10-29(33)27(3)30(37(43)53)15-26(2)47)38-34(48)17-41(13-11-39(18-35(49)50)19-36(51)52)31-7-5-6-8-32(31)42(22-56-25-46)14-12-40(20-54-23-44)21-55-24-45/h9-10,16,23-25,31-32H,4-8,11-15,17-22H2,1-3H3,(H,38,48)(H,49,50)(H,51,52)/t31-,32-/m0/s1. The number of pyridine rings is 1. The summed E-state index contributed by atoms with van der Waals surface area (Å²) in [5.41, 5.74) is 1.82. The Hall–Kier alpha value is -5.24. The fourth-order valence-corrected chi connectivity index (χ4v) is 7.23. The molecule has 2 aromatic rings. The third-order valence-corrected chi connectivity index (χ3v) is 9.74. The largest absolute Gasteiger partial charge is 0.480 e. The Balaban J connectivity index is 1.97. The molecule has 1 heterocycles. The third-order valence-electron chi connectivity index (χ3n) is 9.74. The van der Waals surface area contributed by atoms with Gasteiger partial charge in [-0.15, -0.1) is 0 Å². The molecule has 3 rings (SSSR count). The first-order valence-electron chi connectivity index (χ1n) is 18.3. The summed E-state index contributed by atoms with van der Waals surface area (Å²) in [5, 5.41) is 22.6. The maximum Gasteiger partial charge on any atom is 0.317 e. The highest BCUT2D eigenvalue weighted by Gasteiger charge is 2.36. The predicted octanol–water partition coefficient (Wildman–Crippen LogP) is 0.480. The minimum atomic E-state index is -1.21. The van der Waals surface area contributed by atoms with Crippen molar-refractivity contribution in [2.24, 2.45) is 0 Å². The van der Waals surface area contributed by atoms with E-state index >= 15 is 0 Å². The highest BCUT2D eigenvalue weighted by molar-refractivity contribution is 5.95. The third kappa shape index (κ3) is 13.5. The Morgan fingerprint density at radius 1 is 0.821 bits per heavy atom. The first kappa shape index (κ1) is 45.2. The minimum absolute atomic E-state index is 0.000405. The van der Waals surface area contributed by atoms with E-state index in [2.05, 4.69) is 5.32 Å². The van der Waals surface area contributed by atoms with Gasteiger partial charge in [0, 0.05) is 67.9 Å². The van der Waals surface area contributed by atoms with Crippen molar-refractivity contribution in [1.82, 2.24) is 24.2 Å². The van der Waals surface area contributed by atoms with Crippen molar-refractivity contribution < 1.29 is 58.0 Å². The summed E-state index contributed by atoms with van der Waals surface area (Å²) in [6, 6.07) is 4.53. The number of nitrogens with zero attached hydrogens (tertiary/aromatic N) is 5. The second kappa shape index (κ2) is 23.0. The molecule has 2 atom stereocenters. The first-order chi connectivity index (χ1) is 26.8. The molecule has 19 heteroatoms. The van der Waals surface area contributed by atoms with Gasteiger partial charge in [-0.1, -0.05) is 18.9 Å². The van der Waals surface area contributed by atoms with Gasteiger partial charge in [0.2, 0.25) is 5.91 Å². The Morgan fingerprint density at radius 2 is 1.38 bits per heavy atom. The zero-order valence-electron chi connectivity index (χ0n) is 32.1. The molecule has 1 aromatic carbocycles. The normalized spacial score (nSPS) is 15.6. The Bertz CT molecular complexity index is 1720. The van der Waals surface area contributed by atoms with Crippen molar-refractivity contribution in [3.63, 3.8) is 0 Å². The van der Waals surface area contributed by atoms with Crippen molar-refractivity contribution in [1.29, 1.82) is 0 Å². The number of aliphatic carboxylic acids is 2. The SMILES string of the molecule is CCn1c(=O)c(CC(C)=O)c(C)c2ccc(NC(=O)CN(CCN(CC(=O)O)CC(=O)O)[C@H]3CCCC[C@@H]3N(CCN(COC=O)COC=O)COC=O)cc21. The number of carbonyl (C=O) groups is 7. The second-order valence-electron chi connectivity index (χ2n) is 13.6. The number of anilines is 1. The topological polar surface area (TPSA) is 235 Å². The number of fused-ring (bicyclic) bond motifs is 1. The molecular formula is C37H52N6O13. The minimum Gasteiger partial charge on any atom is -0.480 e. The van der Waals surface area contributed by atoms with Gasteiger partial charge < -0.3 is 34.3 Å². The molecule has 308 valence electrons. The summed E-state index contributed by atoms with van der Waals surface area (Å²) in [5.74, 6) is -2.98. The van der Waals surface area contributed by atoms with Crippen LogP contribution in [0.1, 0.15) is 50.7 Å². The number of rotatable bonds is 27. The van der Waals surface area contributed by atoms with Crippen LogP contribution >= 0.6 is 0 Å². The van der Waals surface area contributed by atoms with Gasteiger partial charge in [0.25, 0.3) is 25.0 Å². The number of carboxylic acid groups (broad SMARTS) is 2. The van der Waals surface area contributed by atoms with Gasteiger partial charge >= 0.3 is 11.9 Å². The Labute approximate surface area is 324 Å². The molecule has 1 fully saturated rings. The fourth-order valence-electron chi connectivity index (χ4n) is 7.23. The van der Waals surface area contributed by atoms with Crippen LogP contribution < -0.4 is 10.9 Å². The summed E-state index contributed by atoms with van der Waals surface area (Å²) < 4.78 is 16.5. The van der Waals surface area contributed by atoms with Gasteiger partial charge in [0.15, 0.2) is 0 Å². The Kier molecular flexibility index (Phi) is 18.5. The van der Waals surface area contributed by atoms with E-state index in [9.17, 15) is 48.6 Å². The molecule has 3 N–H and O–H groups in total. The number of carbonyl (C=O) groups excluding carboxylic acids is 5. The Morgan fingerprint density at radius 3 is 1.93 bits per heavy atom. The molecule has 1 amide bonds. The van der Waals surface area contributed by atoms with Crippen molar-refractivity contribution >= 4 is 59.6 Å². The van der Waals surface area contributed by atoms with Crippen molar-refractivity contribution in [3.05, 3.63) is 39.7 Å². The first-order valence-corrected chi connectivity index (χ1v) is 18.3. The average Bonchev–Trinajstić information content (AvgIpc) is 3.15. The van der Waals surface area contributed by atoms with Crippen LogP contribution in [0.4, 0.5) is 5.69 Å². The monoisotopic (exact) mass is 788 g/mol. The number of aromatic nitrogens is 1. The van der Waals surface area contributed by atoms with E-state index < -0.39 is 30.9 Å². The van der Waals surface area contributed by atoms with Gasteiger partial charge in [0.05, 0.1) is 25.2 Å².